The standard InChI is InChI=1S/C15H24N2O2S/c1-17(13-15-9-5-6-11-16-15)20(18,19)12-10-14-7-3-2-4-8-14/h2-4,7-8,15-16H,5-6,9-13H2,1H3. The third-order valence-electron chi connectivity index (χ3n) is 3.86. The van der Waals surface area contributed by atoms with Gasteiger partial charge >= 0.3 is 0 Å². The molecule has 5 heteroatoms. The maximum absolute atomic E-state index is 12.3. The summed E-state index contributed by atoms with van der Waals surface area (Å²) in [7, 11) is -1.47. The second-order valence-corrected chi connectivity index (χ2v) is 7.67. The Morgan fingerprint density at radius 1 is 1.25 bits per heavy atom. The first-order valence-electron chi connectivity index (χ1n) is 7.29. The molecule has 1 aromatic rings. The molecule has 1 N–H and O–H groups in total. The van der Waals surface area contributed by atoms with Crippen molar-refractivity contribution in [2.24, 2.45) is 0 Å². The fourth-order valence-electron chi connectivity index (χ4n) is 2.55. The van der Waals surface area contributed by atoms with E-state index in [-0.39, 0.29) is 5.75 Å². The maximum atomic E-state index is 12.3. The van der Waals surface area contributed by atoms with Crippen molar-refractivity contribution < 1.29 is 8.42 Å². The van der Waals surface area contributed by atoms with E-state index in [1.165, 1.54) is 17.1 Å². The van der Waals surface area contributed by atoms with Crippen LogP contribution in [0.3, 0.4) is 0 Å². The Morgan fingerprint density at radius 2 is 2.00 bits per heavy atom. The largest absolute Gasteiger partial charge is 0.313 e. The van der Waals surface area contributed by atoms with Gasteiger partial charge in [0.05, 0.1) is 5.75 Å². The highest BCUT2D eigenvalue weighted by Crippen LogP contribution is 2.11. The van der Waals surface area contributed by atoms with E-state index in [1.54, 1.807) is 7.05 Å². The molecule has 1 aliphatic rings. The lowest BCUT2D eigenvalue weighted by atomic mass is 10.1. The molecule has 1 aromatic carbocycles. The molecule has 1 aliphatic heterocycles. The van der Waals surface area contributed by atoms with Crippen molar-refractivity contribution in [3.8, 4) is 0 Å². The minimum absolute atomic E-state index is 0.181. The van der Waals surface area contributed by atoms with Gasteiger partial charge in [-0.05, 0) is 31.4 Å². The highest BCUT2D eigenvalue weighted by molar-refractivity contribution is 7.89. The van der Waals surface area contributed by atoms with Crippen molar-refractivity contribution >= 4 is 10.0 Å². The molecular weight excluding hydrogens is 272 g/mol. The van der Waals surface area contributed by atoms with E-state index in [2.05, 4.69) is 5.32 Å². The van der Waals surface area contributed by atoms with Crippen molar-refractivity contribution in [1.82, 2.24) is 9.62 Å². The van der Waals surface area contributed by atoms with Crippen LogP contribution in [0.15, 0.2) is 30.3 Å². The minimum Gasteiger partial charge on any atom is -0.313 e. The van der Waals surface area contributed by atoms with Crippen molar-refractivity contribution in [3.05, 3.63) is 35.9 Å². The number of aryl methyl sites for hydroxylation is 1. The van der Waals surface area contributed by atoms with Crippen LogP contribution in [0, 0.1) is 0 Å². The second-order valence-electron chi connectivity index (χ2n) is 5.48. The lowest BCUT2D eigenvalue weighted by Crippen LogP contribution is -2.44. The second kappa shape index (κ2) is 7.20. The van der Waals surface area contributed by atoms with Gasteiger partial charge < -0.3 is 5.32 Å². The molecule has 4 nitrogen and oxygen atoms in total. The Kier molecular flexibility index (Phi) is 5.57. The monoisotopic (exact) mass is 296 g/mol. The third-order valence-corrected chi connectivity index (χ3v) is 5.68. The smallest absolute Gasteiger partial charge is 0.214 e. The number of nitrogens with zero attached hydrogens (tertiary/aromatic N) is 1. The fourth-order valence-corrected chi connectivity index (χ4v) is 3.76. The van der Waals surface area contributed by atoms with E-state index >= 15 is 0 Å². The summed E-state index contributed by atoms with van der Waals surface area (Å²) in [4.78, 5) is 0. The normalized spacial score (nSPS) is 20.2. The average molecular weight is 296 g/mol. The fraction of sp³-hybridized carbons (Fsp3) is 0.600. The van der Waals surface area contributed by atoms with E-state index in [0.29, 0.717) is 19.0 Å². The topological polar surface area (TPSA) is 49.4 Å². The lowest BCUT2D eigenvalue weighted by Gasteiger charge is -2.27. The van der Waals surface area contributed by atoms with Gasteiger partial charge in [0.15, 0.2) is 0 Å². The van der Waals surface area contributed by atoms with Gasteiger partial charge in [-0.3, -0.25) is 0 Å². The molecule has 1 fully saturated rings. The first-order valence-corrected chi connectivity index (χ1v) is 8.90. The van der Waals surface area contributed by atoms with Crippen molar-refractivity contribution in [2.75, 3.05) is 25.9 Å². The van der Waals surface area contributed by atoms with Gasteiger partial charge in [0.25, 0.3) is 0 Å². The highest BCUT2D eigenvalue weighted by atomic mass is 32.2. The number of hydrogen-bond donors (Lipinski definition) is 1. The van der Waals surface area contributed by atoms with E-state index in [4.69, 9.17) is 0 Å². The number of benzene rings is 1. The SMILES string of the molecule is CN(CC1CCCCN1)S(=O)(=O)CCc1ccccc1. The Balaban J connectivity index is 1.85. The number of likely N-dealkylation sites (N-methyl/N-ethyl adjacent to an activating group) is 1. The average Bonchev–Trinajstić information content (AvgIpc) is 2.47. The van der Waals surface area contributed by atoms with Gasteiger partial charge in [-0.25, -0.2) is 12.7 Å². The first-order chi connectivity index (χ1) is 9.58. The van der Waals surface area contributed by atoms with Crippen molar-refractivity contribution in [2.45, 2.75) is 31.7 Å². The molecule has 0 amide bonds. The van der Waals surface area contributed by atoms with Crippen LogP contribution >= 0.6 is 0 Å². The van der Waals surface area contributed by atoms with Gasteiger partial charge in [-0.15, -0.1) is 0 Å². The molecular formula is C15H24N2O2S. The Bertz CT molecular complexity index is 496. The molecule has 20 heavy (non-hydrogen) atoms. The van der Waals surface area contributed by atoms with Crippen LogP contribution in [0.1, 0.15) is 24.8 Å². The van der Waals surface area contributed by atoms with E-state index in [0.717, 1.165) is 18.5 Å². The quantitative estimate of drug-likeness (QED) is 0.868. The van der Waals surface area contributed by atoms with Crippen LogP contribution in [-0.2, 0) is 16.4 Å². The number of piperidine rings is 1. The van der Waals surface area contributed by atoms with Crippen LogP contribution in [0.2, 0.25) is 0 Å². The molecule has 1 saturated heterocycles. The first kappa shape index (κ1) is 15.5. The Hall–Kier alpha value is -0.910. The predicted molar refractivity (Wildman–Crippen MR) is 82.2 cm³/mol. The molecule has 0 aromatic heterocycles. The molecule has 112 valence electrons. The summed E-state index contributed by atoms with van der Waals surface area (Å²) in [6.07, 6.45) is 4.03. The lowest BCUT2D eigenvalue weighted by molar-refractivity contribution is 0.337. The summed E-state index contributed by atoms with van der Waals surface area (Å²) in [6, 6.07) is 10.1. The Morgan fingerprint density at radius 3 is 2.65 bits per heavy atom. The summed E-state index contributed by atoms with van der Waals surface area (Å²) in [5, 5.41) is 3.39. The molecule has 0 spiro atoms. The number of nitrogens with one attached hydrogen (secondary N) is 1. The zero-order valence-electron chi connectivity index (χ0n) is 12.1. The molecule has 0 radical (unpaired) electrons. The Labute approximate surface area is 122 Å². The van der Waals surface area contributed by atoms with Crippen molar-refractivity contribution in [1.29, 1.82) is 0 Å². The number of rotatable bonds is 6. The predicted octanol–water partition coefficient (Wildman–Crippen LogP) is 1.63. The summed E-state index contributed by atoms with van der Waals surface area (Å²) in [5.74, 6) is 0.181. The van der Waals surface area contributed by atoms with Crippen molar-refractivity contribution in [3.63, 3.8) is 0 Å². The molecule has 1 atom stereocenters. The van der Waals surface area contributed by atoms with Gasteiger partial charge in [0, 0.05) is 19.6 Å². The van der Waals surface area contributed by atoms with Crippen LogP contribution in [0.4, 0.5) is 0 Å². The van der Waals surface area contributed by atoms with Gasteiger partial charge in [0.1, 0.15) is 0 Å². The zero-order chi connectivity index (χ0) is 14.4. The summed E-state index contributed by atoms with van der Waals surface area (Å²) in [5.41, 5.74) is 1.07. The number of hydrogen-bond acceptors (Lipinski definition) is 3. The number of sulfonamides is 1. The molecule has 2 rings (SSSR count). The maximum Gasteiger partial charge on any atom is 0.214 e. The summed E-state index contributed by atoms with van der Waals surface area (Å²) in [6.45, 7) is 1.58. The molecule has 0 saturated carbocycles. The molecule has 1 heterocycles. The minimum atomic E-state index is -3.16. The van der Waals surface area contributed by atoms with Crippen LogP contribution in [0.5, 0.6) is 0 Å². The van der Waals surface area contributed by atoms with Crippen LogP contribution < -0.4 is 5.32 Å². The molecule has 0 bridgehead atoms. The van der Waals surface area contributed by atoms with Gasteiger partial charge in [-0.1, -0.05) is 36.8 Å². The molecule has 0 aliphatic carbocycles. The zero-order valence-corrected chi connectivity index (χ0v) is 12.9. The van der Waals surface area contributed by atoms with E-state index in [1.807, 2.05) is 30.3 Å². The van der Waals surface area contributed by atoms with E-state index < -0.39 is 10.0 Å². The highest BCUT2D eigenvalue weighted by Gasteiger charge is 2.22. The van der Waals surface area contributed by atoms with Gasteiger partial charge in [-0.2, -0.15) is 0 Å². The summed E-state index contributed by atoms with van der Waals surface area (Å²) >= 11 is 0. The van der Waals surface area contributed by atoms with Crippen LogP contribution in [0.25, 0.3) is 0 Å². The third kappa shape index (κ3) is 4.58. The van der Waals surface area contributed by atoms with Gasteiger partial charge in [0.2, 0.25) is 10.0 Å². The van der Waals surface area contributed by atoms with Crippen LogP contribution in [-0.4, -0.2) is 44.7 Å². The summed E-state index contributed by atoms with van der Waals surface area (Å²) < 4.78 is 26.1. The molecule has 1 unspecified atom stereocenters. The van der Waals surface area contributed by atoms with E-state index in [9.17, 15) is 8.42 Å².